The molecule has 20 heavy (non-hydrogen) atoms. The number of ether oxygens (including phenoxy) is 1. The Morgan fingerprint density at radius 2 is 2.10 bits per heavy atom. The fourth-order valence-corrected chi connectivity index (χ4v) is 2.50. The van der Waals surface area contributed by atoms with E-state index in [2.05, 4.69) is 34.7 Å². The Hall–Kier alpha value is -0.850. The molecule has 4 nitrogen and oxygen atoms in total. The van der Waals surface area contributed by atoms with Crippen molar-refractivity contribution in [3.63, 3.8) is 0 Å². The normalized spacial score (nSPS) is 11.2. The maximum Gasteiger partial charge on any atom is 0.197 e. The zero-order chi connectivity index (χ0) is 14.5. The Bertz CT molecular complexity index is 622. The van der Waals surface area contributed by atoms with Gasteiger partial charge < -0.3 is 18.5 Å². The van der Waals surface area contributed by atoms with Crippen LogP contribution in [0.3, 0.4) is 0 Å². The van der Waals surface area contributed by atoms with Crippen LogP contribution >= 0.6 is 28.1 Å². The summed E-state index contributed by atoms with van der Waals surface area (Å²) in [5, 5.41) is 0. The summed E-state index contributed by atoms with van der Waals surface area (Å²) in [6, 6.07) is 1.83. The molecule has 0 saturated heterocycles. The average molecular weight is 360 g/mol. The maximum atomic E-state index is 5.89. The minimum atomic E-state index is 0.605. The minimum Gasteiger partial charge on any atom is -0.458 e. The molecular formula is C14H18BrNO3S. The lowest BCUT2D eigenvalue weighted by Crippen LogP contribution is -2.27. The fraction of sp³-hybridized carbons (Fsp3) is 0.500. The number of likely N-dealkylation sites (N-methyl/N-ethyl adjacent to an activating group) is 1. The highest BCUT2D eigenvalue weighted by Gasteiger charge is 2.13. The van der Waals surface area contributed by atoms with Gasteiger partial charge in [-0.1, -0.05) is 19.1 Å². The second-order valence-corrected chi connectivity index (χ2v) is 5.68. The monoisotopic (exact) mass is 359 g/mol. The molecule has 0 fully saturated rings. The van der Waals surface area contributed by atoms with E-state index in [9.17, 15) is 0 Å². The van der Waals surface area contributed by atoms with Crippen LogP contribution in [0.5, 0.6) is 0 Å². The highest BCUT2D eigenvalue weighted by molar-refractivity contribution is 9.10. The molecule has 0 aliphatic heterocycles. The van der Waals surface area contributed by atoms with Crippen LogP contribution in [0.1, 0.15) is 20.3 Å². The van der Waals surface area contributed by atoms with E-state index in [-0.39, 0.29) is 0 Å². The molecule has 0 unspecified atom stereocenters. The lowest BCUT2D eigenvalue weighted by Gasteiger charge is -2.21. The van der Waals surface area contributed by atoms with Crippen LogP contribution in [0.2, 0.25) is 0 Å². The van der Waals surface area contributed by atoms with Gasteiger partial charge in [0, 0.05) is 25.8 Å². The molecule has 2 aromatic rings. The van der Waals surface area contributed by atoms with Crippen LogP contribution in [0.25, 0.3) is 11.2 Å². The fourth-order valence-electron chi connectivity index (χ4n) is 1.90. The predicted octanol–water partition coefficient (Wildman–Crippen LogP) is 4.77. The van der Waals surface area contributed by atoms with Gasteiger partial charge in [0.25, 0.3) is 0 Å². The van der Waals surface area contributed by atoms with Crippen molar-refractivity contribution in [3.05, 3.63) is 21.3 Å². The van der Waals surface area contributed by atoms with Crippen molar-refractivity contribution in [1.29, 1.82) is 0 Å². The molecule has 0 radical (unpaired) electrons. The van der Waals surface area contributed by atoms with E-state index in [0.717, 1.165) is 36.5 Å². The van der Waals surface area contributed by atoms with Gasteiger partial charge in [-0.2, -0.15) is 0 Å². The number of furan rings is 1. The molecule has 0 aliphatic rings. The van der Waals surface area contributed by atoms with Crippen LogP contribution in [-0.2, 0) is 4.74 Å². The largest absolute Gasteiger partial charge is 0.458 e. The van der Waals surface area contributed by atoms with E-state index in [4.69, 9.17) is 25.8 Å². The van der Waals surface area contributed by atoms with Crippen molar-refractivity contribution < 1.29 is 13.6 Å². The van der Waals surface area contributed by atoms with Crippen LogP contribution in [0.15, 0.2) is 25.6 Å². The molecule has 0 amide bonds. The average Bonchev–Trinajstić information content (AvgIpc) is 2.81. The van der Waals surface area contributed by atoms with E-state index in [1.807, 2.05) is 6.07 Å². The molecule has 110 valence electrons. The lowest BCUT2D eigenvalue weighted by molar-refractivity contribution is 0.140. The van der Waals surface area contributed by atoms with Gasteiger partial charge in [-0.25, -0.2) is 0 Å². The Morgan fingerprint density at radius 3 is 2.80 bits per heavy atom. The van der Waals surface area contributed by atoms with Crippen LogP contribution in [0, 0.1) is 4.51 Å². The molecular weight excluding hydrogens is 342 g/mol. The zero-order valence-electron chi connectivity index (χ0n) is 11.6. The van der Waals surface area contributed by atoms with Gasteiger partial charge >= 0.3 is 0 Å². The topological polar surface area (TPSA) is 38.8 Å². The highest BCUT2D eigenvalue weighted by atomic mass is 79.9. The van der Waals surface area contributed by atoms with Gasteiger partial charge in [0.1, 0.15) is 6.26 Å². The summed E-state index contributed by atoms with van der Waals surface area (Å²) in [5.41, 5.74) is 1.26. The molecule has 2 aromatic heterocycles. The molecule has 0 aromatic carbocycles. The van der Waals surface area contributed by atoms with Crippen molar-refractivity contribution in [1.82, 2.24) is 0 Å². The molecule has 0 aliphatic carbocycles. The summed E-state index contributed by atoms with van der Waals surface area (Å²) in [6.45, 7) is 7.24. The van der Waals surface area contributed by atoms with Crippen LogP contribution in [-0.4, -0.2) is 26.3 Å². The molecule has 0 saturated carbocycles. The van der Waals surface area contributed by atoms with E-state index in [0.29, 0.717) is 22.3 Å². The van der Waals surface area contributed by atoms with Crippen molar-refractivity contribution in [2.45, 2.75) is 20.3 Å². The summed E-state index contributed by atoms with van der Waals surface area (Å²) in [4.78, 5) is 2.10. The van der Waals surface area contributed by atoms with Gasteiger partial charge in [0.15, 0.2) is 17.1 Å². The first kappa shape index (κ1) is 15.5. The zero-order valence-corrected chi connectivity index (χ0v) is 14.1. The third-order valence-corrected chi connectivity index (χ3v) is 3.79. The van der Waals surface area contributed by atoms with Gasteiger partial charge in [0.2, 0.25) is 0 Å². The van der Waals surface area contributed by atoms with Gasteiger partial charge in [-0.15, -0.1) is 0 Å². The number of halogens is 1. The first-order chi connectivity index (χ1) is 9.67. The number of fused-ring (bicyclic) bond motifs is 1. The number of hydrogen-bond acceptors (Lipinski definition) is 5. The minimum absolute atomic E-state index is 0.605. The summed E-state index contributed by atoms with van der Waals surface area (Å²) < 4.78 is 18.2. The second-order valence-electron chi connectivity index (χ2n) is 4.38. The molecule has 0 N–H and O–H groups in total. The first-order valence-electron chi connectivity index (χ1n) is 6.70. The van der Waals surface area contributed by atoms with Crippen LogP contribution in [0.4, 0.5) is 5.88 Å². The number of rotatable bonds is 7. The Kier molecular flexibility index (Phi) is 5.63. The molecule has 0 bridgehead atoms. The SMILES string of the molecule is CCCOCCN(CC)c1cc(=S)c2occ(Br)c2o1. The Morgan fingerprint density at radius 1 is 1.30 bits per heavy atom. The smallest absolute Gasteiger partial charge is 0.197 e. The molecule has 2 heterocycles. The van der Waals surface area contributed by atoms with E-state index >= 15 is 0 Å². The molecule has 0 spiro atoms. The third-order valence-electron chi connectivity index (χ3n) is 2.94. The quantitative estimate of drug-likeness (QED) is 0.525. The lowest BCUT2D eigenvalue weighted by atomic mass is 10.4. The van der Waals surface area contributed by atoms with E-state index in [1.54, 1.807) is 6.26 Å². The number of hydrogen-bond donors (Lipinski definition) is 0. The Balaban J connectivity index is 2.21. The maximum absolute atomic E-state index is 5.89. The summed E-state index contributed by atoms with van der Waals surface area (Å²) in [7, 11) is 0. The van der Waals surface area contributed by atoms with Gasteiger partial charge in [-0.3, -0.25) is 0 Å². The summed E-state index contributed by atoms with van der Waals surface area (Å²) >= 11 is 8.75. The standard InChI is InChI=1S/C14H18BrNO3S/c1-3-6-17-7-5-16(4-2)12-8-11(20)14-13(19-12)10(15)9-18-14/h8-9H,3-7H2,1-2H3. The molecule has 6 heteroatoms. The van der Waals surface area contributed by atoms with E-state index in [1.165, 1.54) is 0 Å². The number of nitrogens with zero attached hydrogens (tertiary/aromatic N) is 1. The van der Waals surface area contributed by atoms with Crippen molar-refractivity contribution in [2.75, 3.05) is 31.2 Å². The highest BCUT2D eigenvalue weighted by Crippen LogP contribution is 2.31. The van der Waals surface area contributed by atoms with Gasteiger partial charge in [0.05, 0.1) is 15.6 Å². The van der Waals surface area contributed by atoms with Crippen LogP contribution < -0.4 is 4.90 Å². The second kappa shape index (κ2) is 7.24. The Labute approximate surface area is 131 Å². The molecule has 2 rings (SSSR count). The van der Waals surface area contributed by atoms with Crippen molar-refractivity contribution in [2.24, 2.45) is 0 Å². The van der Waals surface area contributed by atoms with Crippen molar-refractivity contribution in [3.8, 4) is 0 Å². The predicted molar refractivity (Wildman–Crippen MR) is 86.0 cm³/mol. The van der Waals surface area contributed by atoms with Gasteiger partial charge in [-0.05, 0) is 29.3 Å². The summed E-state index contributed by atoms with van der Waals surface area (Å²) in [6.07, 6.45) is 2.62. The first-order valence-corrected chi connectivity index (χ1v) is 7.91. The number of anilines is 1. The van der Waals surface area contributed by atoms with E-state index < -0.39 is 0 Å². The third kappa shape index (κ3) is 3.42. The summed E-state index contributed by atoms with van der Waals surface area (Å²) in [5.74, 6) is 0.743. The van der Waals surface area contributed by atoms with Crippen molar-refractivity contribution >= 4 is 45.2 Å². The molecule has 0 atom stereocenters.